The van der Waals surface area contributed by atoms with Crippen LogP contribution in [0.25, 0.3) is 6.08 Å². The Kier molecular flexibility index (Phi) is 6.40. The summed E-state index contributed by atoms with van der Waals surface area (Å²) >= 11 is 0. The monoisotopic (exact) mass is 390 g/mol. The molecule has 1 N–H and O–H groups in total. The maximum atomic E-state index is 12.4. The molecule has 1 saturated carbocycles. The second-order valence-electron chi connectivity index (χ2n) is 8.41. The summed E-state index contributed by atoms with van der Waals surface area (Å²) in [6.45, 7) is 3.01. The van der Waals surface area contributed by atoms with Gasteiger partial charge in [0.2, 0.25) is 5.88 Å². The second-order valence-corrected chi connectivity index (χ2v) is 8.41. The highest BCUT2D eigenvalue weighted by atomic mass is 16.5. The summed E-state index contributed by atoms with van der Waals surface area (Å²) in [5.74, 6) is 2.39. The molecular formula is C25H30N2O2. The van der Waals surface area contributed by atoms with Crippen LogP contribution < -0.4 is 10.1 Å². The molecule has 1 aliphatic heterocycles. The number of rotatable bonds is 6. The number of benzene rings is 1. The molecule has 2 fully saturated rings. The van der Waals surface area contributed by atoms with Crippen molar-refractivity contribution in [2.24, 2.45) is 5.92 Å². The lowest BCUT2D eigenvalue weighted by Gasteiger charge is -2.24. The summed E-state index contributed by atoms with van der Waals surface area (Å²) in [4.78, 5) is 16.7. The number of carbonyl (C=O) groups excluding carboxylic acids is 1. The molecule has 0 bridgehead atoms. The van der Waals surface area contributed by atoms with Crippen molar-refractivity contribution in [3.63, 3.8) is 0 Å². The van der Waals surface area contributed by atoms with Crippen LogP contribution in [-0.2, 0) is 4.79 Å². The van der Waals surface area contributed by atoms with Gasteiger partial charge >= 0.3 is 0 Å². The van der Waals surface area contributed by atoms with Gasteiger partial charge in [-0.2, -0.15) is 0 Å². The van der Waals surface area contributed by atoms with E-state index in [2.05, 4.69) is 28.5 Å². The van der Waals surface area contributed by atoms with Crippen LogP contribution in [0.2, 0.25) is 0 Å². The highest BCUT2D eigenvalue weighted by Crippen LogP contribution is 2.33. The normalized spacial score (nSPS) is 21.8. The number of aryl methyl sites for hydroxylation is 1. The maximum absolute atomic E-state index is 12.4. The van der Waals surface area contributed by atoms with Crippen LogP contribution >= 0.6 is 0 Å². The smallest absolute Gasteiger partial charge is 0.219 e. The van der Waals surface area contributed by atoms with E-state index in [0.29, 0.717) is 17.6 Å². The molecule has 152 valence electrons. The average molecular weight is 391 g/mol. The Bertz CT molecular complexity index is 857. The predicted molar refractivity (Wildman–Crippen MR) is 116 cm³/mol. The van der Waals surface area contributed by atoms with Gasteiger partial charge in [-0.3, -0.25) is 4.79 Å². The first-order valence-electron chi connectivity index (χ1n) is 10.8. The highest BCUT2D eigenvalue weighted by molar-refractivity contribution is 5.84. The van der Waals surface area contributed by atoms with Gasteiger partial charge in [0.15, 0.2) is 0 Å². The van der Waals surface area contributed by atoms with E-state index in [1.54, 1.807) is 0 Å². The van der Waals surface area contributed by atoms with E-state index >= 15 is 0 Å². The average Bonchev–Trinajstić information content (AvgIpc) is 3.27. The summed E-state index contributed by atoms with van der Waals surface area (Å²) in [6, 6.07) is 12.2. The Labute approximate surface area is 173 Å². The molecule has 4 rings (SSSR count). The number of pyridine rings is 1. The largest absolute Gasteiger partial charge is 0.439 e. The van der Waals surface area contributed by atoms with Crippen LogP contribution in [0, 0.1) is 12.8 Å². The van der Waals surface area contributed by atoms with Crippen molar-refractivity contribution >= 4 is 11.9 Å². The third-order valence-electron chi connectivity index (χ3n) is 6.02. The molecule has 29 heavy (non-hydrogen) atoms. The molecule has 0 unspecified atom stereocenters. The Morgan fingerprint density at radius 1 is 1.21 bits per heavy atom. The SMILES string of the molecule is Cc1ccc(Oc2cccc(C=C3CCC(CC(=O)[C@@H]4CCCN4)CC3)c2)nc1. The lowest BCUT2D eigenvalue weighted by Crippen LogP contribution is -2.32. The van der Waals surface area contributed by atoms with Gasteiger partial charge in [0.1, 0.15) is 11.5 Å². The highest BCUT2D eigenvalue weighted by Gasteiger charge is 2.26. The van der Waals surface area contributed by atoms with E-state index in [9.17, 15) is 4.79 Å². The molecule has 1 atom stereocenters. The molecule has 0 amide bonds. The first-order valence-corrected chi connectivity index (χ1v) is 10.8. The lowest BCUT2D eigenvalue weighted by atomic mass is 9.81. The van der Waals surface area contributed by atoms with Gasteiger partial charge in [0.25, 0.3) is 0 Å². The minimum absolute atomic E-state index is 0.123. The van der Waals surface area contributed by atoms with Crippen molar-refractivity contribution in [2.45, 2.75) is 57.9 Å². The molecule has 2 heterocycles. The Balaban J connectivity index is 1.32. The van der Waals surface area contributed by atoms with Crippen LogP contribution in [0.5, 0.6) is 11.6 Å². The van der Waals surface area contributed by atoms with E-state index in [-0.39, 0.29) is 6.04 Å². The number of hydrogen-bond donors (Lipinski definition) is 1. The Morgan fingerprint density at radius 2 is 2.07 bits per heavy atom. The first kappa shape index (κ1) is 19.8. The molecule has 4 heteroatoms. The van der Waals surface area contributed by atoms with Gasteiger partial charge in [0, 0.05) is 18.7 Å². The van der Waals surface area contributed by atoms with Crippen molar-refractivity contribution in [3.05, 3.63) is 59.3 Å². The van der Waals surface area contributed by atoms with E-state index in [0.717, 1.165) is 68.4 Å². The maximum Gasteiger partial charge on any atom is 0.219 e. The Hall–Kier alpha value is -2.46. The number of ether oxygens (including phenoxy) is 1. The molecule has 0 radical (unpaired) electrons. The predicted octanol–water partition coefficient (Wildman–Crippen LogP) is 5.47. The second kappa shape index (κ2) is 9.36. The molecule has 2 aliphatic rings. The fourth-order valence-corrected chi connectivity index (χ4v) is 4.32. The number of Topliss-reactive ketones (excluding diaryl/α,β-unsaturated/α-hetero) is 1. The topological polar surface area (TPSA) is 51.2 Å². The molecule has 2 aromatic rings. The lowest BCUT2D eigenvalue weighted by molar-refractivity contribution is -0.121. The number of hydrogen-bond acceptors (Lipinski definition) is 4. The van der Waals surface area contributed by atoms with Crippen LogP contribution in [0.3, 0.4) is 0 Å². The molecular weight excluding hydrogens is 360 g/mol. The van der Waals surface area contributed by atoms with E-state index in [1.807, 2.05) is 37.4 Å². The minimum Gasteiger partial charge on any atom is -0.439 e. The number of nitrogens with zero attached hydrogens (tertiary/aromatic N) is 1. The van der Waals surface area contributed by atoms with Gasteiger partial charge in [-0.1, -0.05) is 29.8 Å². The molecule has 1 aromatic heterocycles. The van der Waals surface area contributed by atoms with Crippen molar-refractivity contribution < 1.29 is 9.53 Å². The zero-order chi connectivity index (χ0) is 20.1. The summed E-state index contributed by atoms with van der Waals surface area (Å²) in [6.07, 6.45) is 11.4. The van der Waals surface area contributed by atoms with Crippen LogP contribution in [0.4, 0.5) is 0 Å². The molecule has 1 aromatic carbocycles. The Morgan fingerprint density at radius 3 is 2.79 bits per heavy atom. The summed E-state index contributed by atoms with van der Waals surface area (Å²) in [5.41, 5.74) is 3.75. The van der Waals surface area contributed by atoms with Gasteiger partial charge in [0.05, 0.1) is 6.04 Å². The summed E-state index contributed by atoms with van der Waals surface area (Å²) in [5, 5.41) is 3.34. The minimum atomic E-state index is 0.123. The summed E-state index contributed by atoms with van der Waals surface area (Å²) < 4.78 is 5.89. The number of aromatic nitrogens is 1. The quantitative estimate of drug-likeness (QED) is 0.711. The van der Waals surface area contributed by atoms with Gasteiger partial charge in [-0.25, -0.2) is 4.98 Å². The number of nitrogens with one attached hydrogen (secondary N) is 1. The van der Waals surface area contributed by atoms with E-state index in [1.165, 1.54) is 5.57 Å². The number of carbonyl (C=O) groups is 1. The van der Waals surface area contributed by atoms with Crippen LogP contribution in [0.1, 0.15) is 56.1 Å². The third kappa shape index (κ3) is 5.54. The molecule has 1 saturated heterocycles. The third-order valence-corrected chi connectivity index (χ3v) is 6.02. The first-order chi connectivity index (χ1) is 14.2. The van der Waals surface area contributed by atoms with E-state index in [4.69, 9.17) is 4.74 Å². The van der Waals surface area contributed by atoms with Gasteiger partial charge in [-0.15, -0.1) is 0 Å². The summed E-state index contributed by atoms with van der Waals surface area (Å²) in [7, 11) is 0. The van der Waals surface area contributed by atoms with Crippen LogP contribution in [-0.4, -0.2) is 23.4 Å². The van der Waals surface area contributed by atoms with Crippen molar-refractivity contribution in [3.8, 4) is 11.6 Å². The fraction of sp³-hybridized carbons (Fsp3) is 0.440. The number of allylic oxidation sites excluding steroid dienone is 1. The van der Waals surface area contributed by atoms with Crippen LogP contribution in [0.15, 0.2) is 48.2 Å². The van der Waals surface area contributed by atoms with Crippen molar-refractivity contribution in [1.29, 1.82) is 0 Å². The van der Waals surface area contributed by atoms with Gasteiger partial charge in [-0.05, 0) is 81.2 Å². The standard InChI is InChI=1S/C25H30N2O2/c1-18-7-12-25(27-17-18)29-22-5-2-4-21(15-22)14-19-8-10-20(11-9-19)16-24(28)23-6-3-13-26-23/h2,4-5,7,12,14-15,17,20,23,26H,3,6,8-11,13,16H2,1H3/t20?,23-/m0/s1. The van der Waals surface area contributed by atoms with E-state index < -0.39 is 0 Å². The zero-order valence-corrected chi connectivity index (χ0v) is 17.2. The molecule has 4 nitrogen and oxygen atoms in total. The number of ketones is 1. The molecule has 0 spiro atoms. The zero-order valence-electron chi connectivity index (χ0n) is 17.2. The van der Waals surface area contributed by atoms with Gasteiger partial charge < -0.3 is 10.1 Å². The van der Waals surface area contributed by atoms with Crippen molar-refractivity contribution in [2.75, 3.05) is 6.54 Å². The molecule has 1 aliphatic carbocycles. The van der Waals surface area contributed by atoms with Crippen molar-refractivity contribution in [1.82, 2.24) is 10.3 Å². The fourth-order valence-electron chi connectivity index (χ4n) is 4.32.